The fourth-order valence-corrected chi connectivity index (χ4v) is 4.59. The van der Waals surface area contributed by atoms with Gasteiger partial charge >= 0.3 is 12.1 Å². The number of piperidine rings is 1. The number of carbonyl (C=O) groups is 3. The molecule has 2 heterocycles. The Morgan fingerprint density at radius 2 is 1.75 bits per heavy atom. The van der Waals surface area contributed by atoms with E-state index in [0.717, 1.165) is 17.7 Å². The first-order valence-corrected chi connectivity index (χ1v) is 12.9. The number of carbonyl (C=O) groups excluding carboxylic acids is 3. The lowest BCUT2D eigenvalue weighted by Gasteiger charge is -2.37. The molecule has 1 saturated heterocycles. The predicted molar refractivity (Wildman–Crippen MR) is 140 cm³/mol. The Balaban J connectivity index is 1.53. The molecular formula is C29H30F3N3O5. The van der Waals surface area contributed by atoms with Crippen LogP contribution in [0.4, 0.5) is 13.2 Å². The molecule has 0 bridgehead atoms. The predicted octanol–water partition coefficient (Wildman–Crippen LogP) is 4.11. The summed E-state index contributed by atoms with van der Waals surface area (Å²) >= 11 is 0. The van der Waals surface area contributed by atoms with Crippen molar-refractivity contribution in [1.82, 2.24) is 16.0 Å². The molecule has 1 aromatic heterocycles. The Hall–Kier alpha value is -4.12. The molecule has 0 radical (unpaired) electrons. The highest BCUT2D eigenvalue weighted by Gasteiger charge is 2.43. The van der Waals surface area contributed by atoms with Gasteiger partial charge in [-0.2, -0.15) is 13.2 Å². The number of halogens is 3. The van der Waals surface area contributed by atoms with E-state index in [1.54, 1.807) is 6.92 Å². The van der Waals surface area contributed by atoms with Gasteiger partial charge in [-0.15, -0.1) is 0 Å². The molecule has 212 valence electrons. The van der Waals surface area contributed by atoms with E-state index in [-0.39, 0.29) is 43.0 Å². The Morgan fingerprint density at radius 1 is 1.02 bits per heavy atom. The monoisotopic (exact) mass is 557 g/mol. The minimum Gasteiger partial charge on any atom is -0.464 e. The van der Waals surface area contributed by atoms with Crippen molar-refractivity contribution in [3.05, 3.63) is 83.6 Å². The highest BCUT2D eigenvalue weighted by Crippen LogP contribution is 2.33. The number of benzene rings is 2. The largest absolute Gasteiger partial charge is 0.464 e. The zero-order chi connectivity index (χ0) is 28.8. The lowest BCUT2D eigenvalue weighted by molar-refractivity contribution is -0.148. The van der Waals surface area contributed by atoms with Crippen LogP contribution in [0.15, 0.2) is 71.1 Å². The smallest absolute Gasteiger partial charge is 0.416 e. The van der Waals surface area contributed by atoms with Crippen molar-refractivity contribution in [3.8, 4) is 11.3 Å². The summed E-state index contributed by atoms with van der Waals surface area (Å²) in [6, 6.07) is 15.5. The zero-order valence-electron chi connectivity index (χ0n) is 21.8. The quantitative estimate of drug-likeness (QED) is 0.342. The number of rotatable bonds is 9. The van der Waals surface area contributed by atoms with Gasteiger partial charge in [0, 0.05) is 12.0 Å². The average molecular weight is 558 g/mol. The summed E-state index contributed by atoms with van der Waals surface area (Å²) in [5.74, 6) is -1.92. The van der Waals surface area contributed by atoms with Gasteiger partial charge in [0.05, 0.1) is 12.2 Å². The van der Waals surface area contributed by atoms with Crippen molar-refractivity contribution >= 4 is 17.8 Å². The van der Waals surface area contributed by atoms with Gasteiger partial charge in [0.15, 0.2) is 5.76 Å². The van der Waals surface area contributed by atoms with Crippen molar-refractivity contribution in [3.63, 3.8) is 0 Å². The van der Waals surface area contributed by atoms with Gasteiger partial charge in [-0.05, 0) is 62.7 Å². The van der Waals surface area contributed by atoms with Crippen molar-refractivity contribution in [2.24, 2.45) is 0 Å². The summed E-state index contributed by atoms with van der Waals surface area (Å²) in [5.41, 5.74) is -1.22. The third-order valence-corrected chi connectivity index (χ3v) is 6.71. The molecule has 0 saturated carbocycles. The van der Waals surface area contributed by atoms with Crippen LogP contribution in [0.5, 0.6) is 0 Å². The van der Waals surface area contributed by atoms with Crippen molar-refractivity contribution < 1.29 is 36.7 Å². The summed E-state index contributed by atoms with van der Waals surface area (Å²) in [4.78, 5) is 39.6. The lowest BCUT2D eigenvalue weighted by atomic mass is 9.86. The number of hydrogen-bond acceptors (Lipinski definition) is 6. The van der Waals surface area contributed by atoms with Crippen LogP contribution in [-0.2, 0) is 26.9 Å². The number of alkyl halides is 3. The van der Waals surface area contributed by atoms with Gasteiger partial charge in [0.25, 0.3) is 5.91 Å². The van der Waals surface area contributed by atoms with E-state index >= 15 is 0 Å². The van der Waals surface area contributed by atoms with Crippen molar-refractivity contribution in [1.29, 1.82) is 0 Å². The Bertz CT molecular complexity index is 1330. The fraction of sp³-hybridized carbons (Fsp3) is 0.345. The first-order valence-electron chi connectivity index (χ1n) is 12.9. The fourth-order valence-electron chi connectivity index (χ4n) is 4.59. The molecule has 8 nitrogen and oxygen atoms in total. The van der Waals surface area contributed by atoms with Crippen LogP contribution in [0, 0.1) is 0 Å². The van der Waals surface area contributed by atoms with E-state index in [1.807, 2.05) is 30.3 Å². The van der Waals surface area contributed by atoms with Gasteiger partial charge in [0.2, 0.25) is 5.91 Å². The first kappa shape index (κ1) is 28.9. The molecule has 1 atom stereocenters. The Labute approximate surface area is 229 Å². The van der Waals surface area contributed by atoms with Crippen LogP contribution in [0.1, 0.15) is 41.4 Å². The topological polar surface area (TPSA) is 110 Å². The summed E-state index contributed by atoms with van der Waals surface area (Å²) in [7, 11) is 0. The van der Waals surface area contributed by atoms with Crippen molar-refractivity contribution in [2.45, 2.75) is 43.9 Å². The standard InChI is InChI=1S/C29H30F3N3O5/c1-2-39-26(37)22(17-19-7-4-3-5-8-19)34-27(38)28(13-15-33-16-14-28)35-25(36)24-12-11-23(40-24)20-9-6-10-21(18-20)29(30,31)32/h3-12,18,22,33H,2,13-17H2,1H3,(H,34,38)(H,35,36). The normalized spacial score (nSPS) is 15.6. The molecule has 1 unspecified atom stereocenters. The van der Waals surface area contributed by atoms with E-state index < -0.39 is 41.1 Å². The second-order valence-electron chi connectivity index (χ2n) is 9.50. The molecular weight excluding hydrogens is 527 g/mol. The van der Waals surface area contributed by atoms with E-state index in [1.165, 1.54) is 24.3 Å². The molecule has 2 amide bonds. The molecule has 0 aliphatic carbocycles. The van der Waals surface area contributed by atoms with Gasteiger partial charge in [-0.1, -0.05) is 42.5 Å². The maximum Gasteiger partial charge on any atom is 0.416 e. The number of ether oxygens (including phenoxy) is 1. The number of hydrogen-bond donors (Lipinski definition) is 3. The molecule has 3 N–H and O–H groups in total. The summed E-state index contributed by atoms with van der Waals surface area (Å²) in [6.45, 7) is 2.68. The molecule has 2 aromatic carbocycles. The van der Waals surface area contributed by atoms with Crippen LogP contribution in [0.2, 0.25) is 0 Å². The second kappa shape index (κ2) is 12.4. The zero-order valence-corrected chi connectivity index (χ0v) is 21.8. The van der Waals surface area contributed by atoms with Crippen LogP contribution in [0.3, 0.4) is 0 Å². The number of esters is 1. The van der Waals surface area contributed by atoms with E-state index in [0.29, 0.717) is 13.1 Å². The Morgan fingerprint density at radius 3 is 2.42 bits per heavy atom. The van der Waals surface area contributed by atoms with E-state index in [2.05, 4.69) is 16.0 Å². The average Bonchev–Trinajstić information content (AvgIpc) is 3.44. The minimum absolute atomic E-state index is 0.0744. The minimum atomic E-state index is -4.53. The highest BCUT2D eigenvalue weighted by molar-refractivity contribution is 5.99. The van der Waals surface area contributed by atoms with Gasteiger partial charge < -0.3 is 25.1 Å². The third kappa shape index (κ3) is 6.90. The summed E-state index contributed by atoms with van der Waals surface area (Å²) in [5, 5.41) is 8.70. The van der Waals surface area contributed by atoms with Gasteiger partial charge in [-0.3, -0.25) is 9.59 Å². The summed E-state index contributed by atoms with van der Waals surface area (Å²) < 4.78 is 50.2. The SMILES string of the molecule is CCOC(=O)C(Cc1ccccc1)NC(=O)C1(NC(=O)c2ccc(-c3cccc(C(F)(F)F)c3)o2)CCNCC1. The van der Waals surface area contributed by atoms with Crippen LogP contribution >= 0.6 is 0 Å². The molecule has 3 aromatic rings. The number of furan rings is 1. The van der Waals surface area contributed by atoms with Crippen LogP contribution in [0.25, 0.3) is 11.3 Å². The maximum atomic E-state index is 13.7. The molecule has 0 spiro atoms. The van der Waals surface area contributed by atoms with Crippen LogP contribution in [-0.4, -0.2) is 49.1 Å². The van der Waals surface area contributed by atoms with E-state index in [4.69, 9.17) is 9.15 Å². The Kier molecular flexibility index (Phi) is 8.93. The second-order valence-corrected chi connectivity index (χ2v) is 9.50. The van der Waals surface area contributed by atoms with Crippen molar-refractivity contribution in [2.75, 3.05) is 19.7 Å². The number of nitrogens with one attached hydrogen (secondary N) is 3. The molecule has 1 fully saturated rings. The maximum absolute atomic E-state index is 13.7. The first-order chi connectivity index (χ1) is 19.1. The van der Waals surface area contributed by atoms with E-state index in [9.17, 15) is 27.6 Å². The third-order valence-electron chi connectivity index (χ3n) is 6.71. The molecule has 40 heavy (non-hydrogen) atoms. The highest BCUT2D eigenvalue weighted by atomic mass is 19.4. The molecule has 1 aliphatic rings. The number of amides is 2. The molecule has 11 heteroatoms. The van der Waals surface area contributed by atoms with Gasteiger partial charge in [-0.25, -0.2) is 4.79 Å². The molecule has 4 rings (SSSR count). The lowest BCUT2D eigenvalue weighted by Crippen LogP contribution is -2.64. The van der Waals surface area contributed by atoms with Crippen LogP contribution < -0.4 is 16.0 Å². The molecule has 1 aliphatic heterocycles. The summed E-state index contributed by atoms with van der Waals surface area (Å²) in [6.07, 6.45) is -3.84. The van der Waals surface area contributed by atoms with Gasteiger partial charge in [0.1, 0.15) is 17.3 Å².